The maximum absolute atomic E-state index is 13.4. The molecule has 0 spiro atoms. The van der Waals surface area contributed by atoms with Crippen molar-refractivity contribution >= 4 is 12.2 Å². The zero-order chi connectivity index (χ0) is 19.5. The Morgan fingerprint density at radius 3 is 2.75 bits per heavy atom. The van der Waals surface area contributed by atoms with Crippen LogP contribution in [0, 0.1) is 11.6 Å². The van der Waals surface area contributed by atoms with Gasteiger partial charge in [-0.15, -0.1) is 0 Å². The van der Waals surface area contributed by atoms with Gasteiger partial charge in [-0.2, -0.15) is 0 Å². The fraction of sp³-hybridized carbons (Fsp3) is 0.238. The second-order valence-corrected chi connectivity index (χ2v) is 6.93. The van der Waals surface area contributed by atoms with E-state index in [1.807, 2.05) is 35.2 Å². The molecule has 0 bridgehead atoms. The highest BCUT2D eigenvalue weighted by atomic mass is 19.2. The van der Waals surface area contributed by atoms with E-state index in [4.69, 9.17) is 0 Å². The lowest BCUT2D eigenvalue weighted by atomic mass is 10.1. The van der Waals surface area contributed by atoms with E-state index >= 15 is 0 Å². The average molecular weight is 382 g/mol. The normalized spacial score (nSPS) is 18.1. The Hall–Kier alpha value is -3.22. The molecule has 0 radical (unpaired) electrons. The highest BCUT2D eigenvalue weighted by molar-refractivity contribution is 5.83. The van der Waals surface area contributed by atoms with Crippen molar-refractivity contribution in [2.24, 2.45) is 4.99 Å². The van der Waals surface area contributed by atoms with Crippen LogP contribution >= 0.6 is 0 Å². The van der Waals surface area contributed by atoms with Gasteiger partial charge in [0, 0.05) is 19.5 Å². The monoisotopic (exact) mass is 382 g/mol. The fourth-order valence-electron chi connectivity index (χ4n) is 3.36. The van der Waals surface area contributed by atoms with Crippen molar-refractivity contribution in [3.8, 4) is 0 Å². The number of benzene rings is 2. The molecule has 2 aromatic rings. The summed E-state index contributed by atoms with van der Waals surface area (Å²) in [5, 5.41) is 6.19. The lowest BCUT2D eigenvalue weighted by molar-refractivity contribution is -0.122. The lowest BCUT2D eigenvalue weighted by Gasteiger charge is -2.24. The Balaban J connectivity index is 1.31. The molecule has 0 aromatic heterocycles. The van der Waals surface area contributed by atoms with Gasteiger partial charge in [0.05, 0.1) is 24.3 Å². The van der Waals surface area contributed by atoms with Gasteiger partial charge in [0.2, 0.25) is 5.91 Å². The van der Waals surface area contributed by atoms with Gasteiger partial charge in [-0.05, 0) is 23.3 Å². The van der Waals surface area contributed by atoms with Crippen molar-refractivity contribution in [3.63, 3.8) is 0 Å². The van der Waals surface area contributed by atoms with Crippen molar-refractivity contribution in [2.75, 3.05) is 6.54 Å². The lowest BCUT2D eigenvalue weighted by Crippen LogP contribution is -2.41. The molecule has 0 fully saturated rings. The Bertz CT molecular complexity index is 943. The van der Waals surface area contributed by atoms with Crippen molar-refractivity contribution in [1.82, 2.24) is 15.5 Å². The number of halogens is 2. The maximum Gasteiger partial charge on any atom is 0.243 e. The number of carbonyl (C=O) groups is 1. The van der Waals surface area contributed by atoms with Crippen LogP contribution in [-0.4, -0.2) is 29.7 Å². The first-order valence-corrected chi connectivity index (χ1v) is 9.11. The number of aliphatic imine (C=N–C) groups is 1. The maximum atomic E-state index is 13.4. The van der Waals surface area contributed by atoms with Crippen LogP contribution in [0.3, 0.4) is 0 Å². The van der Waals surface area contributed by atoms with Gasteiger partial charge in [-0.1, -0.05) is 36.4 Å². The molecule has 28 heavy (non-hydrogen) atoms. The molecule has 1 amide bonds. The fourth-order valence-corrected chi connectivity index (χ4v) is 3.36. The number of nitrogens with one attached hydrogen (secondary N) is 2. The predicted molar refractivity (Wildman–Crippen MR) is 102 cm³/mol. The first kappa shape index (κ1) is 18.2. The number of hydrogen-bond acceptors (Lipinski definition) is 4. The summed E-state index contributed by atoms with van der Waals surface area (Å²) in [4.78, 5) is 18.8. The minimum atomic E-state index is -0.861. The van der Waals surface area contributed by atoms with Gasteiger partial charge in [0.1, 0.15) is 6.04 Å². The Morgan fingerprint density at radius 2 is 1.96 bits per heavy atom. The van der Waals surface area contributed by atoms with E-state index in [1.165, 1.54) is 6.07 Å². The van der Waals surface area contributed by atoms with Gasteiger partial charge < -0.3 is 15.5 Å². The Labute approximate surface area is 161 Å². The van der Waals surface area contributed by atoms with Crippen LogP contribution < -0.4 is 10.6 Å². The van der Waals surface area contributed by atoms with Crippen LogP contribution in [0.1, 0.15) is 17.5 Å². The minimum Gasteiger partial charge on any atom is -0.374 e. The van der Waals surface area contributed by atoms with Crippen molar-refractivity contribution in [1.29, 1.82) is 0 Å². The van der Waals surface area contributed by atoms with Gasteiger partial charge in [0.15, 0.2) is 11.6 Å². The molecule has 7 heteroatoms. The topological polar surface area (TPSA) is 56.7 Å². The molecule has 2 aliphatic rings. The van der Waals surface area contributed by atoms with Gasteiger partial charge in [-0.25, -0.2) is 13.8 Å². The molecule has 1 atom stereocenters. The van der Waals surface area contributed by atoms with Crippen LogP contribution in [0.2, 0.25) is 0 Å². The Kier molecular flexibility index (Phi) is 5.06. The molecule has 0 aliphatic carbocycles. The van der Waals surface area contributed by atoms with Gasteiger partial charge in [-0.3, -0.25) is 4.79 Å². The van der Waals surface area contributed by atoms with Gasteiger partial charge in [0.25, 0.3) is 0 Å². The molecule has 2 N–H and O–H groups in total. The zero-order valence-electron chi connectivity index (χ0n) is 15.2. The SMILES string of the molecule is O=C(NCc1ccccc1)C1CC2=C(CN(Cc3ccc(F)c(F)c3)C=N2)N1. The van der Waals surface area contributed by atoms with Crippen LogP contribution in [-0.2, 0) is 17.9 Å². The molecule has 1 unspecified atom stereocenters. The summed E-state index contributed by atoms with van der Waals surface area (Å²) in [5.41, 5.74) is 3.46. The third-order valence-corrected chi connectivity index (χ3v) is 4.83. The van der Waals surface area contributed by atoms with E-state index in [1.54, 1.807) is 12.4 Å². The molecular weight excluding hydrogens is 362 g/mol. The first-order chi connectivity index (χ1) is 13.6. The van der Waals surface area contributed by atoms with E-state index in [0.717, 1.165) is 23.0 Å². The number of rotatable bonds is 5. The molecule has 4 rings (SSSR count). The molecule has 144 valence electrons. The van der Waals surface area contributed by atoms with Crippen molar-refractivity contribution in [3.05, 3.63) is 82.7 Å². The van der Waals surface area contributed by atoms with E-state index in [2.05, 4.69) is 15.6 Å². The largest absolute Gasteiger partial charge is 0.374 e. The number of hydrogen-bond donors (Lipinski definition) is 2. The van der Waals surface area contributed by atoms with Crippen LogP contribution in [0.4, 0.5) is 8.78 Å². The van der Waals surface area contributed by atoms with E-state index in [9.17, 15) is 13.6 Å². The van der Waals surface area contributed by atoms with E-state index < -0.39 is 11.6 Å². The molecule has 5 nitrogen and oxygen atoms in total. The Morgan fingerprint density at radius 1 is 1.14 bits per heavy atom. The number of carbonyl (C=O) groups excluding carboxylic acids is 1. The minimum absolute atomic E-state index is 0.0689. The second-order valence-electron chi connectivity index (χ2n) is 6.93. The number of nitrogens with zero attached hydrogens (tertiary/aromatic N) is 2. The molecule has 0 saturated heterocycles. The summed E-state index contributed by atoms with van der Waals surface area (Å²) in [6, 6.07) is 13.3. The second kappa shape index (κ2) is 7.80. The average Bonchev–Trinajstić information content (AvgIpc) is 3.13. The number of amides is 1. The molecular formula is C21H20F2N4O. The van der Waals surface area contributed by atoms with Crippen LogP contribution in [0.15, 0.2) is 64.9 Å². The summed E-state index contributed by atoms with van der Waals surface area (Å²) >= 11 is 0. The van der Waals surface area contributed by atoms with Crippen LogP contribution in [0.25, 0.3) is 0 Å². The summed E-state index contributed by atoms with van der Waals surface area (Å²) in [5.74, 6) is -1.79. The first-order valence-electron chi connectivity index (χ1n) is 9.11. The summed E-state index contributed by atoms with van der Waals surface area (Å²) in [7, 11) is 0. The standard InChI is InChI=1S/C21H20F2N4O/c22-16-7-6-15(8-17(16)23)11-27-12-20-18(25-13-27)9-19(26-20)21(28)24-10-14-4-2-1-3-5-14/h1-8,13,19,26H,9-12H2,(H,24,28). The molecule has 2 aliphatic heterocycles. The molecule has 2 heterocycles. The zero-order valence-corrected chi connectivity index (χ0v) is 15.2. The summed E-state index contributed by atoms with van der Waals surface area (Å²) in [6.45, 7) is 1.43. The summed E-state index contributed by atoms with van der Waals surface area (Å²) < 4.78 is 26.5. The van der Waals surface area contributed by atoms with Crippen molar-refractivity contribution < 1.29 is 13.6 Å². The third kappa shape index (κ3) is 4.03. The molecule has 0 saturated carbocycles. The smallest absolute Gasteiger partial charge is 0.243 e. The highest BCUT2D eigenvalue weighted by Gasteiger charge is 2.31. The van der Waals surface area contributed by atoms with Gasteiger partial charge >= 0.3 is 0 Å². The van der Waals surface area contributed by atoms with Crippen molar-refractivity contribution in [2.45, 2.75) is 25.6 Å². The van der Waals surface area contributed by atoms with E-state index in [0.29, 0.717) is 31.6 Å². The third-order valence-electron chi connectivity index (χ3n) is 4.83. The van der Waals surface area contributed by atoms with E-state index in [-0.39, 0.29) is 11.9 Å². The quantitative estimate of drug-likeness (QED) is 0.836. The highest BCUT2D eigenvalue weighted by Crippen LogP contribution is 2.24. The summed E-state index contributed by atoms with van der Waals surface area (Å²) in [6.07, 6.45) is 2.22. The predicted octanol–water partition coefficient (Wildman–Crippen LogP) is 2.70. The molecule has 2 aromatic carbocycles. The van der Waals surface area contributed by atoms with Crippen LogP contribution in [0.5, 0.6) is 0 Å².